The lowest BCUT2D eigenvalue weighted by Gasteiger charge is -2.05. The average Bonchev–Trinajstić information content (AvgIpc) is 2.72. The highest BCUT2D eigenvalue weighted by Crippen LogP contribution is 2.19. The van der Waals surface area contributed by atoms with Gasteiger partial charge in [0.25, 0.3) is 0 Å². The molecule has 15 heavy (non-hydrogen) atoms. The number of nitrogens with zero attached hydrogens (tertiary/aromatic N) is 1. The first-order chi connectivity index (χ1) is 7.25. The number of benzene rings is 1. The van der Waals surface area contributed by atoms with E-state index in [1.165, 1.54) is 12.3 Å². The molecular formula is C11H10FNO2. The fraction of sp³-hybridized carbons (Fsp3) is 0.182. The summed E-state index contributed by atoms with van der Waals surface area (Å²) in [6.45, 7) is 2.06. The van der Waals surface area contributed by atoms with Crippen LogP contribution < -0.4 is 4.74 Å². The van der Waals surface area contributed by atoms with Gasteiger partial charge in [-0.1, -0.05) is 11.2 Å². The van der Waals surface area contributed by atoms with E-state index in [1.807, 2.05) is 6.92 Å². The molecule has 1 aromatic heterocycles. The summed E-state index contributed by atoms with van der Waals surface area (Å²) in [6, 6.07) is 6.39. The first kappa shape index (κ1) is 9.71. The van der Waals surface area contributed by atoms with Crippen LogP contribution in [0.15, 0.2) is 35.0 Å². The maximum atomic E-state index is 13.2. The summed E-state index contributed by atoms with van der Waals surface area (Å²) in [5, 5.41) is 3.53. The highest BCUT2D eigenvalue weighted by atomic mass is 19.1. The van der Waals surface area contributed by atoms with Crippen molar-refractivity contribution in [3.63, 3.8) is 0 Å². The number of hydrogen-bond acceptors (Lipinski definition) is 3. The maximum absolute atomic E-state index is 13.2. The van der Waals surface area contributed by atoms with E-state index in [2.05, 4.69) is 5.16 Å². The first-order valence-corrected chi connectivity index (χ1v) is 4.54. The van der Waals surface area contributed by atoms with Gasteiger partial charge in [0, 0.05) is 6.07 Å². The minimum absolute atomic E-state index is 0.181. The molecule has 0 bridgehead atoms. The molecule has 0 aliphatic rings. The van der Waals surface area contributed by atoms with Crippen molar-refractivity contribution in [3.05, 3.63) is 47.6 Å². The third kappa shape index (κ3) is 2.34. The summed E-state index contributed by atoms with van der Waals surface area (Å²) < 4.78 is 23.3. The van der Waals surface area contributed by atoms with E-state index in [-0.39, 0.29) is 18.2 Å². The fourth-order valence-electron chi connectivity index (χ4n) is 1.19. The first-order valence-electron chi connectivity index (χ1n) is 4.54. The van der Waals surface area contributed by atoms with Crippen LogP contribution in [-0.4, -0.2) is 5.16 Å². The molecule has 0 aliphatic carbocycles. The molecule has 0 radical (unpaired) electrons. The van der Waals surface area contributed by atoms with Crippen molar-refractivity contribution in [2.45, 2.75) is 13.5 Å². The highest BCUT2D eigenvalue weighted by molar-refractivity contribution is 5.29. The molecule has 2 aromatic rings. The molecule has 0 atom stereocenters. The van der Waals surface area contributed by atoms with Crippen molar-refractivity contribution in [1.82, 2.24) is 5.16 Å². The van der Waals surface area contributed by atoms with Crippen molar-refractivity contribution in [2.75, 3.05) is 0 Å². The summed E-state index contributed by atoms with van der Waals surface area (Å²) in [6.07, 6.45) is 1.52. The molecule has 0 fully saturated rings. The Kier molecular flexibility index (Phi) is 2.67. The quantitative estimate of drug-likeness (QED) is 0.776. The van der Waals surface area contributed by atoms with E-state index in [0.29, 0.717) is 5.76 Å². The molecule has 1 heterocycles. The Bertz CT molecular complexity index is 440. The van der Waals surface area contributed by atoms with Gasteiger partial charge in [-0.05, 0) is 24.6 Å². The lowest BCUT2D eigenvalue weighted by atomic mass is 10.2. The van der Waals surface area contributed by atoms with E-state index < -0.39 is 0 Å². The van der Waals surface area contributed by atoms with Crippen LogP contribution in [0, 0.1) is 12.7 Å². The number of hydrogen-bond donors (Lipinski definition) is 0. The summed E-state index contributed by atoms with van der Waals surface area (Å²) in [5.74, 6) is 0.419. The summed E-state index contributed by atoms with van der Waals surface area (Å²) in [5.41, 5.74) is 0.948. The van der Waals surface area contributed by atoms with Gasteiger partial charge in [-0.25, -0.2) is 4.39 Å². The van der Waals surface area contributed by atoms with Gasteiger partial charge in [0.2, 0.25) is 0 Å². The minimum Gasteiger partial charge on any atom is -0.482 e. The van der Waals surface area contributed by atoms with E-state index in [1.54, 1.807) is 18.2 Å². The van der Waals surface area contributed by atoms with Crippen molar-refractivity contribution in [3.8, 4) is 5.75 Å². The largest absolute Gasteiger partial charge is 0.482 e. The monoisotopic (exact) mass is 207 g/mol. The topological polar surface area (TPSA) is 35.3 Å². The second kappa shape index (κ2) is 4.13. The van der Waals surface area contributed by atoms with Crippen LogP contribution in [0.5, 0.6) is 5.75 Å². The highest BCUT2D eigenvalue weighted by Gasteiger charge is 2.04. The minimum atomic E-state index is -0.375. The van der Waals surface area contributed by atoms with Crippen LogP contribution in [0.4, 0.5) is 4.39 Å². The number of halogens is 1. The predicted octanol–water partition coefficient (Wildman–Crippen LogP) is 2.70. The maximum Gasteiger partial charge on any atom is 0.174 e. The molecular weight excluding hydrogens is 197 g/mol. The normalized spacial score (nSPS) is 10.3. The lowest BCUT2D eigenvalue weighted by molar-refractivity contribution is 0.240. The Morgan fingerprint density at radius 2 is 2.27 bits per heavy atom. The molecule has 0 unspecified atom stereocenters. The third-order valence-corrected chi connectivity index (χ3v) is 1.95. The van der Waals surface area contributed by atoms with Gasteiger partial charge in [-0.15, -0.1) is 0 Å². The molecule has 0 aliphatic heterocycles. The van der Waals surface area contributed by atoms with E-state index in [4.69, 9.17) is 9.26 Å². The molecule has 3 nitrogen and oxygen atoms in total. The molecule has 0 saturated carbocycles. The van der Waals surface area contributed by atoms with Crippen LogP contribution in [0.1, 0.15) is 11.3 Å². The smallest absolute Gasteiger partial charge is 0.174 e. The van der Waals surface area contributed by atoms with E-state index in [9.17, 15) is 4.39 Å². The summed E-state index contributed by atoms with van der Waals surface area (Å²) in [4.78, 5) is 0. The molecule has 0 spiro atoms. The van der Waals surface area contributed by atoms with Gasteiger partial charge in [-0.3, -0.25) is 0 Å². The zero-order valence-corrected chi connectivity index (χ0v) is 8.24. The van der Waals surface area contributed by atoms with Gasteiger partial charge in [-0.2, -0.15) is 0 Å². The predicted molar refractivity (Wildman–Crippen MR) is 52.0 cm³/mol. The number of rotatable bonds is 3. The fourth-order valence-corrected chi connectivity index (χ4v) is 1.19. The number of ether oxygens (including phenoxy) is 1. The Balaban J connectivity index is 2.07. The van der Waals surface area contributed by atoms with E-state index >= 15 is 0 Å². The third-order valence-electron chi connectivity index (χ3n) is 1.95. The molecule has 0 amide bonds. The zero-order chi connectivity index (χ0) is 10.7. The van der Waals surface area contributed by atoms with Crippen molar-refractivity contribution < 1.29 is 13.7 Å². The molecule has 0 saturated heterocycles. The molecule has 78 valence electrons. The average molecular weight is 207 g/mol. The number of aryl methyl sites for hydroxylation is 1. The molecule has 4 heteroatoms. The van der Waals surface area contributed by atoms with Crippen LogP contribution in [-0.2, 0) is 6.61 Å². The zero-order valence-electron chi connectivity index (χ0n) is 8.24. The second-order valence-corrected chi connectivity index (χ2v) is 3.20. The van der Waals surface area contributed by atoms with Crippen LogP contribution in [0.3, 0.4) is 0 Å². The van der Waals surface area contributed by atoms with Crippen LogP contribution >= 0.6 is 0 Å². The Morgan fingerprint density at radius 1 is 1.40 bits per heavy atom. The lowest BCUT2D eigenvalue weighted by Crippen LogP contribution is -1.96. The van der Waals surface area contributed by atoms with Crippen molar-refractivity contribution >= 4 is 0 Å². The van der Waals surface area contributed by atoms with Crippen molar-refractivity contribution in [1.29, 1.82) is 0 Å². The standard InChI is InChI=1S/C11H10FNO2/c1-8-2-3-10(12)11(6-8)14-7-9-4-5-13-15-9/h2-6H,7H2,1H3. The molecule has 1 aromatic carbocycles. The summed E-state index contributed by atoms with van der Waals surface area (Å²) in [7, 11) is 0. The van der Waals surface area contributed by atoms with Gasteiger partial charge < -0.3 is 9.26 Å². The molecule has 2 rings (SSSR count). The van der Waals surface area contributed by atoms with Gasteiger partial charge in [0.15, 0.2) is 17.3 Å². The van der Waals surface area contributed by atoms with Gasteiger partial charge in [0.05, 0.1) is 6.20 Å². The SMILES string of the molecule is Cc1ccc(F)c(OCc2ccno2)c1. The van der Waals surface area contributed by atoms with Crippen LogP contribution in [0.25, 0.3) is 0 Å². The number of aromatic nitrogens is 1. The Morgan fingerprint density at radius 3 is 3.00 bits per heavy atom. The van der Waals surface area contributed by atoms with E-state index in [0.717, 1.165) is 5.56 Å². The Hall–Kier alpha value is -1.84. The Labute approximate surface area is 86.5 Å². The molecule has 0 N–H and O–H groups in total. The van der Waals surface area contributed by atoms with Crippen LogP contribution in [0.2, 0.25) is 0 Å². The second-order valence-electron chi connectivity index (χ2n) is 3.20. The summed E-state index contributed by atoms with van der Waals surface area (Å²) >= 11 is 0. The van der Waals surface area contributed by atoms with Crippen molar-refractivity contribution in [2.24, 2.45) is 0 Å². The van der Waals surface area contributed by atoms with Gasteiger partial charge >= 0.3 is 0 Å². The van der Waals surface area contributed by atoms with Gasteiger partial charge in [0.1, 0.15) is 6.61 Å².